The third kappa shape index (κ3) is 3.85. The molecule has 2 aromatic heterocycles. The van der Waals surface area contributed by atoms with Gasteiger partial charge in [0.1, 0.15) is 4.34 Å². The van der Waals surface area contributed by atoms with Crippen molar-refractivity contribution in [1.82, 2.24) is 4.57 Å². The number of hydrogen-bond acceptors (Lipinski definition) is 3. The molecule has 0 aliphatic rings. The van der Waals surface area contributed by atoms with Crippen LogP contribution in [0.5, 0.6) is 0 Å². The summed E-state index contributed by atoms with van der Waals surface area (Å²) in [6.45, 7) is -0.776. The van der Waals surface area contributed by atoms with E-state index in [9.17, 15) is 22.8 Å². The number of anilines is 1. The molecular formula is C12H8ClF3N2O2S. The number of amides is 1. The van der Waals surface area contributed by atoms with Crippen LogP contribution in [0.15, 0.2) is 29.2 Å². The van der Waals surface area contributed by atoms with E-state index < -0.39 is 30.3 Å². The number of alkyl halides is 2. The second-order valence-corrected chi connectivity index (χ2v) is 5.64. The minimum atomic E-state index is -2.70. The van der Waals surface area contributed by atoms with Gasteiger partial charge in [0.15, 0.2) is 5.82 Å². The van der Waals surface area contributed by atoms with E-state index in [2.05, 4.69) is 5.32 Å². The first-order valence-corrected chi connectivity index (χ1v) is 6.81. The first kappa shape index (κ1) is 15.6. The topological polar surface area (TPSA) is 51.1 Å². The van der Waals surface area contributed by atoms with E-state index in [0.29, 0.717) is 0 Å². The molecule has 9 heteroatoms. The average molecular weight is 337 g/mol. The fourth-order valence-electron chi connectivity index (χ4n) is 1.55. The monoisotopic (exact) mass is 336 g/mol. The van der Waals surface area contributed by atoms with Gasteiger partial charge in [-0.05, 0) is 12.1 Å². The third-order valence-corrected chi connectivity index (χ3v) is 3.75. The van der Waals surface area contributed by atoms with Crippen LogP contribution in [0.25, 0.3) is 0 Å². The number of aromatic nitrogens is 1. The van der Waals surface area contributed by atoms with E-state index in [0.717, 1.165) is 34.2 Å². The molecular weight excluding hydrogens is 329 g/mol. The summed E-state index contributed by atoms with van der Waals surface area (Å²) in [6.07, 6.45) is -1.60. The van der Waals surface area contributed by atoms with E-state index >= 15 is 0 Å². The van der Waals surface area contributed by atoms with Crippen molar-refractivity contribution in [2.75, 3.05) is 5.32 Å². The molecule has 0 bridgehead atoms. The maximum atomic E-state index is 13.1. The predicted octanol–water partition coefficient (Wildman–Crippen LogP) is 3.22. The number of carbonyl (C=O) groups is 1. The molecule has 0 spiro atoms. The molecule has 2 rings (SSSR count). The lowest BCUT2D eigenvalue weighted by Gasteiger charge is -2.08. The van der Waals surface area contributed by atoms with Crippen LogP contribution in [0.2, 0.25) is 4.34 Å². The van der Waals surface area contributed by atoms with Crippen LogP contribution < -0.4 is 10.9 Å². The molecule has 0 saturated heterocycles. The van der Waals surface area contributed by atoms with Crippen molar-refractivity contribution in [3.05, 3.63) is 49.8 Å². The van der Waals surface area contributed by atoms with E-state index in [-0.39, 0.29) is 14.9 Å². The van der Waals surface area contributed by atoms with Crippen LogP contribution in [0.4, 0.5) is 18.9 Å². The highest BCUT2D eigenvalue weighted by Gasteiger charge is 2.14. The molecule has 0 radical (unpaired) electrons. The molecule has 4 nitrogen and oxygen atoms in total. The van der Waals surface area contributed by atoms with Crippen LogP contribution in [-0.4, -0.2) is 16.9 Å². The average Bonchev–Trinajstić information content (AvgIpc) is 2.73. The van der Waals surface area contributed by atoms with Gasteiger partial charge in [0.05, 0.1) is 17.1 Å². The highest BCUT2D eigenvalue weighted by molar-refractivity contribution is 7.18. The number of nitrogens with zero attached hydrogens (tertiary/aromatic N) is 1. The van der Waals surface area contributed by atoms with Gasteiger partial charge >= 0.3 is 0 Å². The molecule has 2 heterocycles. The lowest BCUT2D eigenvalue weighted by Crippen LogP contribution is -2.23. The Kier molecular flexibility index (Phi) is 4.69. The van der Waals surface area contributed by atoms with E-state index in [4.69, 9.17) is 11.6 Å². The molecule has 0 aliphatic carbocycles. The summed E-state index contributed by atoms with van der Waals surface area (Å²) in [7, 11) is 0. The molecule has 1 N–H and O–H groups in total. The molecule has 0 atom stereocenters. The summed E-state index contributed by atoms with van der Waals surface area (Å²) < 4.78 is 38.3. The Morgan fingerprint density at radius 1 is 1.43 bits per heavy atom. The molecule has 0 aromatic carbocycles. The predicted molar refractivity (Wildman–Crippen MR) is 73.9 cm³/mol. The van der Waals surface area contributed by atoms with Crippen LogP contribution in [0, 0.1) is 5.82 Å². The zero-order valence-electron chi connectivity index (χ0n) is 10.3. The lowest BCUT2D eigenvalue weighted by atomic mass is 10.3. The van der Waals surface area contributed by atoms with Gasteiger partial charge in [-0.2, -0.15) is 0 Å². The number of carbonyl (C=O) groups excluding carboxylic acids is 1. The molecule has 0 fully saturated rings. The Bertz CT molecular complexity index is 710. The van der Waals surface area contributed by atoms with Gasteiger partial charge in [-0.25, -0.2) is 13.2 Å². The highest BCUT2D eigenvalue weighted by Crippen LogP contribution is 2.26. The van der Waals surface area contributed by atoms with Gasteiger partial charge in [-0.3, -0.25) is 9.59 Å². The van der Waals surface area contributed by atoms with Crippen molar-refractivity contribution in [1.29, 1.82) is 0 Å². The molecule has 112 valence electrons. The molecule has 2 aromatic rings. The maximum absolute atomic E-state index is 13.1. The van der Waals surface area contributed by atoms with Crippen molar-refractivity contribution in [2.45, 2.75) is 13.0 Å². The minimum absolute atomic E-state index is 0.0316. The molecule has 0 unspecified atom stereocenters. The second-order valence-electron chi connectivity index (χ2n) is 3.99. The zero-order chi connectivity index (χ0) is 15.6. The Balaban J connectivity index is 2.19. The second kappa shape index (κ2) is 6.31. The van der Waals surface area contributed by atoms with Gasteiger partial charge in [-0.1, -0.05) is 11.6 Å². The number of hydrogen-bond donors (Lipinski definition) is 1. The number of nitrogens with one attached hydrogen (secondary N) is 1. The van der Waals surface area contributed by atoms with Gasteiger partial charge in [0.2, 0.25) is 0 Å². The number of pyridine rings is 1. The third-order valence-electron chi connectivity index (χ3n) is 2.44. The smallest absolute Gasteiger partial charge is 0.265 e. The fraction of sp³-hybridized carbons (Fsp3) is 0.167. The number of rotatable bonds is 4. The molecule has 0 saturated carbocycles. The Morgan fingerprint density at radius 2 is 2.14 bits per heavy atom. The summed E-state index contributed by atoms with van der Waals surface area (Å²) in [5, 5.41) is 2.38. The van der Waals surface area contributed by atoms with Gasteiger partial charge in [0, 0.05) is 12.3 Å². The molecule has 0 aliphatic heterocycles. The summed E-state index contributed by atoms with van der Waals surface area (Å²) in [5.74, 6) is -1.36. The standard InChI is InChI=1S/C12H8ClF3N2O2S/c13-11-7(14)3-8(21-11)12(20)17-6-1-2-10(19)18(4-6)5-9(15)16/h1-4,9H,5H2,(H,17,20). The van der Waals surface area contributed by atoms with E-state index in [1.54, 1.807) is 0 Å². The van der Waals surface area contributed by atoms with Crippen LogP contribution in [-0.2, 0) is 6.54 Å². The normalized spacial score (nSPS) is 10.9. The van der Waals surface area contributed by atoms with Crippen molar-refractivity contribution < 1.29 is 18.0 Å². The summed E-state index contributed by atoms with van der Waals surface area (Å²) in [4.78, 5) is 23.2. The Morgan fingerprint density at radius 3 is 2.71 bits per heavy atom. The van der Waals surface area contributed by atoms with Gasteiger partial charge in [0.25, 0.3) is 17.9 Å². The van der Waals surface area contributed by atoms with Crippen molar-refractivity contribution in [3.8, 4) is 0 Å². The van der Waals surface area contributed by atoms with Crippen LogP contribution in [0.1, 0.15) is 9.67 Å². The van der Waals surface area contributed by atoms with Gasteiger partial charge in [-0.15, -0.1) is 11.3 Å². The Hall–Kier alpha value is -1.80. The quantitative estimate of drug-likeness (QED) is 0.932. The van der Waals surface area contributed by atoms with Crippen LogP contribution >= 0.6 is 22.9 Å². The summed E-state index contributed by atoms with van der Waals surface area (Å²) >= 11 is 6.26. The van der Waals surface area contributed by atoms with Crippen molar-refractivity contribution in [3.63, 3.8) is 0 Å². The Labute approximate surface area is 125 Å². The van der Waals surface area contributed by atoms with Crippen molar-refractivity contribution in [2.24, 2.45) is 0 Å². The first-order chi connectivity index (χ1) is 9.86. The molecule has 21 heavy (non-hydrogen) atoms. The fourth-order valence-corrected chi connectivity index (χ4v) is 2.51. The largest absolute Gasteiger partial charge is 0.320 e. The highest BCUT2D eigenvalue weighted by atomic mass is 35.5. The number of thiophene rings is 1. The zero-order valence-corrected chi connectivity index (χ0v) is 11.9. The minimum Gasteiger partial charge on any atom is -0.320 e. The van der Waals surface area contributed by atoms with Crippen molar-refractivity contribution >= 4 is 34.5 Å². The van der Waals surface area contributed by atoms with E-state index in [1.165, 1.54) is 6.07 Å². The van der Waals surface area contributed by atoms with E-state index in [1.807, 2.05) is 0 Å². The van der Waals surface area contributed by atoms with Gasteiger partial charge < -0.3 is 9.88 Å². The first-order valence-electron chi connectivity index (χ1n) is 5.61. The maximum Gasteiger partial charge on any atom is 0.265 e. The number of halogens is 4. The lowest BCUT2D eigenvalue weighted by molar-refractivity contribution is 0.103. The van der Waals surface area contributed by atoms with Crippen LogP contribution in [0.3, 0.4) is 0 Å². The molecule has 1 amide bonds. The SMILES string of the molecule is O=C(Nc1ccc(=O)n(CC(F)F)c1)c1cc(F)c(Cl)s1. The summed E-state index contributed by atoms with van der Waals surface area (Å²) in [5.41, 5.74) is -0.469. The summed E-state index contributed by atoms with van der Waals surface area (Å²) in [6, 6.07) is 3.30.